The highest BCUT2D eigenvalue weighted by Gasteiger charge is 2.43. The van der Waals surface area contributed by atoms with Crippen LogP contribution < -0.4 is 16.0 Å². The summed E-state index contributed by atoms with van der Waals surface area (Å²) in [4.78, 5) is 24.2. The number of benzene rings is 1. The Hall–Kier alpha value is -3.01. The number of ether oxygens (including phenoxy) is 1. The highest BCUT2D eigenvalue weighted by Crippen LogP contribution is 2.41. The van der Waals surface area contributed by atoms with E-state index in [2.05, 4.69) is 38.4 Å². The van der Waals surface area contributed by atoms with Gasteiger partial charge in [0.1, 0.15) is 0 Å². The van der Waals surface area contributed by atoms with E-state index in [0.29, 0.717) is 45.0 Å². The van der Waals surface area contributed by atoms with Crippen molar-refractivity contribution in [3.8, 4) is 0 Å². The third-order valence-corrected chi connectivity index (χ3v) is 6.82. The molecule has 1 saturated carbocycles. The fraction of sp³-hybridized carbons (Fsp3) is 0.654. The summed E-state index contributed by atoms with van der Waals surface area (Å²) in [6.07, 6.45) is 8.70. The Kier molecular flexibility index (Phi) is 11.1. The lowest BCUT2D eigenvalue weighted by Gasteiger charge is -2.42. The molecule has 0 spiro atoms. The molecule has 1 aromatic carbocycles. The number of aromatic nitrogens is 4. The monoisotopic (exact) mass is 499 g/mol. The Bertz CT molecular complexity index is 931. The molecule has 0 radical (unpaired) electrons. The number of hydrogen-bond acceptors (Lipinski definition) is 7. The van der Waals surface area contributed by atoms with Crippen molar-refractivity contribution < 1.29 is 14.3 Å². The SMILES string of the molecule is CCCC(NCCNC(=O)Nc1ccccc1)(c1nnnn1CCCC(=O)OCC)C1CCCCC1. The zero-order valence-corrected chi connectivity index (χ0v) is 21.7. The van der Waals surface area contributed by atoms with E-state index in [9.17, 15) is 9.59 Å². The van der Waals surface area contributed by atoms with E-state index in [4.69, 9.17) is 4.74 Å². The molecule has 10 heteroatoms. The molecule has 2 aromatic rings. The molecule has 0 aliphatic heterocycles. The number of aryl methyl sites for hydroxylation is 1. The molecule has 1 aromatic heterocycles. The third-order valence-electron chi connectivity index (χ3n) is 6.82. The topological polar surface area (TPSA) is 123 Å². The van der Waals surface area contributed by atoms with Gasteiger partial charge in [0.05, 0.1) is 12.1 Å². The van der Waals surface area contributed by atoms with Crippen molar-refractivity contribution >= 4 is 17.7 Å². The molecule has 0 saturated heterocycles. The van der Waals surface area contributed by atoms with Gasteiger partial charge in [-0.05, 0) is 61.1 Å². The van der Waals surface area contributed by atoms with Crippen LogP contribution in [0.3, 0.4) is 0 Å². The largest absolute Gasteiger partial charge is 0.466 e. The Balaban J connectivity index is 1.68. The standard InChI is InChI=1S/C26H41N7O3/c1-3-17-26(21-12-7-5-8-13-21,24-30-31-32-33(24)20-11-16-23(34)36-4-2)28-19-18-27-25(35)29-22-14-9-6-10-15-22/h6,9-10,14-15,21,28H,3-5,7-8,11-13,16-20H2,1-2H3,(H2,27,29,35). The van der Waals surface area contributed by atoms with Crippen LogP contribution in [0.4, 0.5) is 10.5 Å². The molecule has 1 aliphatic rings. The summed E-state index contributed by atoms with van der Waals surface area (Å²) < 4.78 is 6.92. The van der Waals surface area contributed by atoms with Gasteiger partial charge in [0.2, 0.25) is 0 Å². The zero-order chi connectivity index (χ0) is 25.6. The number of anilines is 1. The molecule has 198 valence electrons. The van der Waals surface area contributed by atoms with Crippen molar-refractivity contribution in [2.75, 3.05) is 25.0 Å². The van der Waals surface area contributed by atoms with E-state index in [1.807, 2.05) is 41.9 Å². The van der Waals surface area contributed by atoms with Gasteiger partial charge in [0.25, 0.3) is 0 Å². The Morgan fingerprint density at radius 2 is 1.89 bits per heavy atom. The lowest BCUT2D eigenvalue weighted by atomic mass is 9.71. The van der Waals surface area contributed by atoms with Crippen molar-refractivity contribution in [1.82, 2.24) is 30.8 Å². The molecule has 3 N–H and O–H groups in total. The predicted molar refractivity (Wildman–Crippen MR) is 138 cm³/mol. The van der Waals surface area contributed by atoms with Gasteiger partial charge in [-0.25, -0.2) is 9.48 Å². The number of carbonyl (C=O) groups excluding carboxylic acids is 2. The lowest BCUT2D eigenvalue weighted by molar-refractivity contribution is -0.143. The van der Waals surface area contributed by atoms with Gasteiger partial charge in [-0.2, -0.15) is 0 Å². The number of urea groups is 1. The van der Waals surface area contributed by atoms with Crippen LogP contribution in [0.15, 0.2) is 30.3 Å². The number of tetrazole rings is 1. The summed E-state index contributed by atoms with van der Waals surface area (Å²) >= 11 is 0. The summed E-state index contributed by atoms with van der Waals surface area (Å²) in [6.45, 7) is 6.00. The summed E-state index contributed by atoms with van der Waals surface area (Å²) in [7, 11) is 0. The van der Waals surface area contributed by atoms with Crippen molar-refractivity contribution in [3.05, 3.63) is 36.2 Å². The second-order valence-electron chi connectivity index (χ2n) is 9.36. The molecule has 2 amide bonds. The summed E-state index contributed by atoms with van der Waals surface area (Å²) in [5.41, 5.74) is 0.368. The van der Waals surface area contributed by atoms with Gasteiger partial charge in [0, 0.05) is 31.7 Å². The number of amides is 2. The zero-order valence-electron chi connectivity index (χ0n) is 21.7. The fourth-order valence-corrected chi connectivity index (χ4v) is 5.24. The molecular formula is C26H41N7O3. The van der Waals surface area contributed by atoms with E-state index < -0.39 is 0 Å². The fourth-order valence-electron chi connectivity index (χ4n) is 5.24. The average molecular weight is 500 g/mol. The summed E-state index contributed by atoms with van der Waals surface area (Å²) in [5, 5.41) is 22.4. The van der Waals surface area contributed by atoms with Gasteiger partial charge in [-0.15, -0.1) is 5.10 Å². The molecule has 1 heterocycles. The molecule has 1 atom stereocenters. The Morgan fingerprint density at radius 1 is 1.11 bits per heavy atom. The average Bonchev–Trinajstić information content (AvgIpc) is 3.36. The van der Waals surface area contributed by atoms with Crippen LogP contribution in [0.2, 0.25) is 0 Å². The molecular weight excluding hydrogens is 458 g/mol. The number of esters is 1. The van der Waals surface area contributed by atoms with Crippen LogP contribution in [-0.2, 0) is 21.6 Å². The Labute approximate surface area is 213 Å². The molecule has 1 unspecified atom stereocenters. The smallest absolute Gasteiger partial charge is 0.319 e. The van der Waals surface area contributed by atoms with E-state index in [0.717, 1.165) is 37.2 Å². The highest BCUT2D eigenvalue weighted by molar-refractivity contribution is 5.89. The van der Waals surface area contributed by atoms with Gasteiger partial charge in [-0.1, -0.05) is 50.8 Å². The van der Waals surface area contributed by atoms with Gasteiger partial charge >= 0.3 is 12.0 Å². The first kappa shape index (κ1) is 27.6. The van der Waals surface area contributed by atoms with Gasteiger partial charge in [-0.3, -0.25) is 4.79 Å². The quantitative estimate of drug-likeness (QED) is 0.265. The highest BCUT2D eigenvalue weighted by atomic mass is 16.5. The molecule has 0 bridgehead atoms. The Morgan fingerprint density at radius 3 is 2.61 bits per heavy atom. The first-order valence-corrected chi connectivity index (χ1v) is 13.4. The second-order valence-corrected chi connectivity index (χ2v) is 9.36. The van der Waals surface area contributed by atoms with Crippen molar-refractivity contribution in [3.63, 3.8) is 0 Å². The van der Waals surface area contributed by atoms with Gasteiger partial charge in [0.15, 0.2) is 5.82 Å². The number of rotatable bonds is 14. The molecule has 1 aliphatic carbocycles. The molecule has 1 fully saturated rings. The summed E-state index contributed by atoms with van der Waals surface area (Å²) in [6, 6.07) is 9.17. The first-order chi connectivity index (χ1) is 17.6. The van der Waals surface area contributed by atoms with Crippen molar-refractivity contribution in [1.29, 1.82) is 0 Å². The lowest BCUT2D eigenvalue weighted by Crippen LogP contribution is -2.53. The number of hydrogen-bond donors (Lipinski definition) is 3. The third kappa shape index (κ3) is 7.74. The minimum Gasteiger partial charge on any atom is -0.466 e. The predicted octanol–water partition coefficient (Wildman–Crippen LogP) is 4.00. The number of nitrogens with one attached hydrogen (secondary N) is 3. The van der Waals surface area contributed by atoms with E-state index in [1.165, 1.54) is 19.3 Å². The van der Waals surface area contributed by atoms with E-state index in [1.54, 1.807) is 0 Å². The van der Waals surface area contributed by atoms with Crippen LogP contribution in [0.25, 0.3) is 0 Å². The molecule has 10 nitrogen and oxygen atoms in total. The second kappa shape index (κ2) is 14.5. The number of carbonyl (C=O) groups is 2. The van der Waals surface area contributed by atoms with Crippen molar-refractivity contribution in [2.45, 2.75) is 83.7 Å². The maximum atomic E-state index is 12.3. The van der Waals surface area contributed by atoms with E-state index in [-0.39, 0.29) is 17.5 Å². The van der Waals surface area contributed by atoms with Crippen LogP contribution in [0.1, 0.15) is 77.5 Å². The first-order valence-electron chi connectivity index (χ1n) is 13.4. The number of nitrogens with zero attached hydrogens (tertiary/aromatic N) is 4. The maximum Gasteiger partial charge on any atom is 0.319 e. The van der Waals surface area contributed by atoms with Crippen LogP contribution in [0.5, 0.6) is 0 Å². The van der Waals surface area contributed by atoms with Crippen LogP contribution in [-0.4, -0.2) is 51.9 Å². The molecule has 36 heavy (non-hydrogen) atoms. The minimum absolute atomic E-state index is 0.197. The number of para-hydroxylation sites is 1. The van der Waals surface area contributed by atoms with E-state index >= 15 is 0 Å². The maximum absolute atomic E-state index is 12.3. The minimum atomic E-state index is -0.389. The van der Waals surface area contributed by atoms with Gasteiger partial charge < -0.3 is 20.7 Å². The van der Waals surface area contributed by atoms with Crippen molar-refractivity contribution in [2.24, 2.45) is 5.92 Å². The van der Waals surface area contributed by atoms with Crippen LogP contribution in [0, 0.1) is 5.92 Å². The molecule has 3 rings (SSSR count). The van der Waals surface area contributed by atoms with Crippen LogP contribution >= 0.6 is 0 Å². The normalized spacial score (nSPS) is 15.7. The summed E-state index contributed by atoms with van der Waals surface area (Å²) in [5.74, 6) is 1.03.